The van der Waals surface area contributed by atoms with E-state index in [4.69, 9.17) is 22.1 Å². The van der Waals surface area contributed by atoms with Gasteiger partial charge in [-0.1, -0.05) is 42.5 Å². The summed E-state index contributed by atoms with van der Waals surface area (Å²) in [5.41, 5.74) is 12.3. The molecule has 0 saturated heterocycles. The first-order valence-electron chi connectivity index (χ1n) is 31.4. The van der Waals surface area contributed by atoms with Crippen LogP contribution in [0.3, 0.4) is 0 Å². The number of para-hydroxylation sites is 5. The molecule has 0 fully saturated rings. The number of aryl methyl sites for hydroxylation is 2. The molecule has 0 spiro atoms. The van der Waals surface area contributed by atoms with Crippen molar-refractivity contribution in [1.82, 2.24) is 14.1 Å². The summed E-state index contributed by atoms with van der Waals surface area (Å²) < 4.78 is 110. The molecule has 11 aromatic rings. The van der Waals surface area contributed by atoms with Gasteiger partial charge < -0.3 is 0 Å². The van der Waals surface area contributed by atoms with Gasteiger partial charge in [-0.25, -0.2) is 0 Å². The molecule has 0 saturated carbocycles. The Balaban J connectivity index is 1.06. The van der Waals surface area contributed by atoms with Crippen LogP contribution in [0.15, 0.2) is 206 Å². The number of hydrogen-bond acceptors (Lipinski definition) is 4. The number of rotatable bonds is 8. The average molecular weight is 1200 g/mol. The molecule has 0 amide bonds. The number of nitrogens with zero attached hydrogens (tertiary/aromatic N) is 5. The molecule has 2 aliphatic heterocycles. The van der Waals surface area contributed by atoms with Crippen LogP contribution in [0.4, 0.5) is 22.9 Å². The van der Waals surface area contributed by atoms with E-state index in [1.807, 2.05) is 98.9 Å². The van der Waals surface area contributed by atoms with Gasteiger partial charge in [0.2, 0.25) is 0 Å². The van der Waals surface area contributed by atoms with Crippen molar-refractivity contribution in [2.24, 2.45) is 0 Å². The third-order valence-electron chi connectivity index (χ3n) is 14.8. The predicted molar refractivity (Wildman–Crippen MR) is 319 cm³/mol. The Kier molecular flexibility index (Phi) is 9.35. The van der Waals surface area contributed by atoms with Crippen molar-refractivity contribution in [2.45, 2.75) is 66.1 Å². The molecule has 0 aliphatic carbocycles. The van der Waals surface area contributed by atoms with Crippen LogP contribution in [0.5, 0.6) is 11.6 Å². The van der Waals surface area contributed by atoms with Crippen LogP contribution in [0.2, 0.25) is 0 Å². The molecular weight excluding hydrogens is 1130 g/mol. The number of pyridine rings is 1. The Morgan fingerprint density at radius 1 is 0.577 bits per heavy atom. The summed E-state index contributed by atoms with van der Waals surface area (Å²) in [5, 5.41) is 0. The van der Waals surface area contributed by atoms with Crippen LogP contribution in [0.1, 0.15) is 78.9 Å². The molecule has 9 aromatic carbocycles. The van der Waals surface area contributed by atoms with Gasteiger partial charge in [0.25, 0.3) is 0 Å². The maximum absolute atomic E-state index is 9.42. The van der Waals surface area contributed by atoms with Gasteiger partial charge in [0.05, 0.1) is 0 Å². The third-order valence-corrected chi connectivity index (χ3v) is 15.8. The van der Waals surface area contributed by atoms with Crippen LogP contribution in [-0.2, 0) is 30.2 Å². The monoisotopic (exact) mass is 1200 g/mol. The zero-order valence-electron chi connectivity index (χ0n) is 54.8. The Bertz CT molecular complexity index is 4730. The van der Waals surface area contributed by atoms with Crippen molar-refractivity contribution in [2.75, 3.05) is 9.62 Å². The van der Waals surface area contributed by atoms with Crippen molar-refractivity contribution in [3.63, 3.8) is 0 Å². The van der Waals surface area contributed by atoms with Crippen LogP contribution < -0.4 is 19.8 Å². The summed E-state index contributed by atoms with van der Waals surface area (Å²) in [5.74, 6) is 0.302. The fraction of sp³-hybridized carbons (Fsp3) is 0.143. The van der Waals surface area contributed by atoms with E-state index in [0.717, 1.165) is 50.2 Å². The Hall–Kier alpha value is -8.25. The number of aromatic nitrogens is 3. The Morgan fingerprint density at radius 2 is 1.22 bits per heavy atom. The number of benzene rings is 9. The third kappa shape index (κ3) is 8.47. The van der Waals surface area contributed by atoms with Gasteiger partial charge in [-0.05, 0) is 11.6 Å². The van der Waals surface area contributed by atoms with Gasteiger partial charge >= 0.3 is 404 Å². The van der Waals surface area contributed by atoms with E-state index in [0.29, 0.717) is 48.6 Å². The number of ether oxygens (including phenoxy) is 1. The quantitative estimate of drug-likeness (QED) is 0.112. The molecule has 0 bridgehead atoms. The Labute approximate surface area is 484 Å². The molecule has 0 atom stereocenters. The molecule has 0 radical (unpaired) electrons. The Morgan fingerprint density at radius 3 is 1.96 bits per heavy atom. The molecular formula is C70H58BN5OPt-2. The predicted octanol–water partition coefficient (Wildman–Crippen LogP) is 17.2. The van der Waals surface area contributed by atoms with E-state index in [9.17, 15) is 2.74 Å². The second-order valence-corrected chi connectivity index (χ2v) is 22.9. The van der Waals surface area contributed by atoms with E-state index in [2.05, 4.69) is 120 Å². The molecule has 6 nitrogen and oxygen atoms in total. The van der Waals surface area contributed by atoms with Crippen molar-refractivity contribution in [1.29, 1.82) is 0 Å². The van der Waals surface area contributed by atoms with Gasteiger partial charge in [0, 0.05) is 11.3 Å². The second kappa shape index (κ2) is 19.0. The summed E-state index contributed by atoms with van der Waals surface area (Å²) in [6.45, 7) is 7.31. The molecule has 0 N–H and O–H groups in total. The standard InChI is InChI=1S/C70H58BN5O.Pt/c1-46-37-66(76-65-36-21-20-35-64(65)75-61-32-17-15-28-59(61)58-27-14-16-31-60(58)71(75)76)72-67(38-46)77-54-42-50(55-26-13-12-23-47(55)2)41-53(44-54)73-45-74(63-34-19-18-33-62(63)73)68-56(48-24-10-9-11-25-48)29-22-30-57(68)49-39-51(69(3,4)5)43-52(40-49)70(6,7)8;/h9-35,37-43H,1-8H3;/q-2;/i1D3,2D3,9D,10D,11D,24D,25D;. The average Bonchev–Trinajstić information content (AvgIpc) is 1.65. The first-order chi connectivity index (χ1) is 42.2. The summed E-state index contributed by atoms with van der Waals surface area (Å²) in [6.07, 6.45) is 0. The molecule has 78 heavy (non-hydrogen) atoms. The molecule has 8 heteroatoms. The molecule has 13 rings (SSSR count). The first-order valence-corrected chi connectivity index (χ1v) is 27.0. The normalized spacial score (nSPS) is 15.2. The van der Waals surface area contributed by atoms with Crippen molar-refractivity contribution < 1.29 is 39.2 Å². The van der Waals surface area contributed by atoms with E-state index >= 15 is 0 Å². The van der Waals surface area contributed by atoms with E-state index in [1.165, 1.54) is 6.07 Å². The summed E-state index contributed by atoms with van der Waals surface area (Å²) in [4.78, 5) is 9.41. The van der Waals surface area contributed by atoms with Crippen LogP contribution >= 0.6 is 0 Å². The minimum absolute atomic E-state index is 0.0217. The van der Waals surface area contributed by atoms with Gasteiger partial charge in [0.1, 0.15) is 0 Å². The van der Waals surface area contributed by atoms with Crippen molar-refractivity contribution >= 4 is 46.4 Å². The minimum atomic E-state index is -2.63. The fourth-order valence-corrected chi connectivity index (χ4v) is 12.1. The van der Waals surface area contributed by atoms with Gasteiger partial charge in [0.15, 0.2) is 0 Å². The second-order valence-electron chi connectivity index (χ2n) is 21.8. The van der Waals surface area contributed by atoms with Gasteiger partial charge in [-0.3, -0.25) is 0 Å². The van der Waals surface area contributed by atoms with Crippen LogP contribution in [-0.4, -0.2) is 21.1 Å². The molecule has 384 valence electrons. The molecule has 2 aromatic heterocycles. The summed E-state index contributed by atoms with van der Waals surface area (Å²) >= 11 is 2.25. The number of anilines is 4. The van der Waals surface area contributed by atoms with Gasteiger partial charge in [-0.15, -0.1) is 6.07 Å². The zero-order valence-corrected chi connectivity index (χ0v) is 46.1. The number of hydrogen-bond donors (Lipinski definition) is 0. The molecule has 4 heterocycles. The summed E-state index contributed by atoms with van der Waals surface area (Å²) in [7, 11) is 0. The van der Waals surface area contributed by atoms with Crippen LogP contribution in [0.25, 0.3) is 66.9 Å². The summed E-state index contributed by atoms with van der Waals surface area (Å²) in [6, 6.07) is 60.1. The van der Waals surface area contributed by atoms with Crippen LogP contribution in [0, 0.1) is 29.6 Å². The van der Waals surface area contributed by atoms with E-state index in [1.54, 1.807) is 42.5 Å². The molecule has 0 unspecified atom stereocenters. The first kappa shape index (κ1) is 38.3. The van der Waals surface area contributed by atoms with E-state index in [-0.39, 0.29) is 57.1 Å². The fourth-order valence-electron chi connectivity index (χ4n) is 11.0. The van der Waals surface area contributed by atoms with Gasteiger partial charge in [-0.2, -0.15) is 12.1 Å². The maximum atomic E-state index is 9.42. The van der Waals surface area contributed by atoms with Crippen molar-refractivity contribution in [3.05, 3.63) is 244 Å². The zero-order chi connectivity index (χ0) is 63.0. The number of fused-ring (bicyclic) bond motifs is 9. The molecule has 2 aliphatic rings. The topological polar surface area (TPSA) is 38.5 Å². The van der Waals surface area contributed by atoms with Crippen molar-refractivity contribution in [3.8, 4) is 67.5 Å². The SMILES string of the molecule is [2H]c1c([2H])c([2H])c(-c2cccc(-c3cc(C(C)(C)C)cc(C(C)(C)C)c3)c2-n2[c](=[Pt])n(-c3[c-]c(Oc4cc(C([2H])([2H])[2H])cc(N5B6c7ccccc7-c7ccccc7N6c6ccc[c-]c65)n4)cc(-c4ccccc4C([2H])([2H])[2H])c3)c3ccccc32)c([2H])c1[2H]. The van der Waals surface area contributed by atoms with E-state index < -0.39 is 38.8 Å². The number of imidazole rings is 1.